The van der Waals surface area contributed by atoms with E-state index in [0.717, 1.165) is 12.8 Å². The van der Waals surface area contributed by atoms with Gasteiger partial charge in [0.25, 0.3) is 0 Å². The summed E-state index contributed by atoms with van der Waals surface area (Å²) in [6.45, 7) is 4.03. The van der Waals surface area contributed by atoms with E-state index in [4.69, 9.17) is 5.11 Å². The predicted octanol–water partition coefficient (Wildman–Crippen LogP) is 0.837. The van der Waals surface area contributed by atoms with E-state index in [1.807, 2.05) is 0 Å². The fourth-order valence-electron chi connectivity index (χ4n) is 1.99. The van der Waals surface area contributed by atoms with Crippen LogP contribution >= 0.6 is 0 Å². The standard InChI is InChI=1S/C11H17N3O4S/c1-3-14(6-8-4-5-8)19(17,18)10-7(2)12-13-9(10)11(15)16/h8H,3-6H2,1-2H3,(H,12,13)(H,15,16). The summed E-state index contributed by atoms with van der Waals surface area (Å²) >= 11 is 0. The number of aromatic nitrogens is 2. The zero-order valence-electron chi connectivity index (χ0n) is 10.9. The third-order valence-electron chi connectivity index (χ3n) is 3.20. The second-order valence-corrected chi connectivity index (χ2v) is 6.61. The number of carboxylic acid groups (broad SMARTS) is 1. The van der Waals surface area contributed by atoms with Crippen molar-refractivity contribution >= 4 is 16.0 Å². The molecule has 1 aliphatic rings. The Bertz CT molecular complexity index is 589. The molecule has 0 bridgehead atoms. The maximum absolute atomic E-state index is 12.5. The van der Waals surface area contributed by atoms with Gasteiger partial charge in [0.2, 0.25) is 10.0 Å². The van der Waals surface area contributed by atoms with Crippen LogP contribution in [-0.4, -0.2) is 47.1 Å². The first-order valence-electron chi connectivity index (χ1n) is 6.16. The Kier molecular flexibility index (Phi) is 3.64. The van der Waals surface area contributed by atoms with Gasteiger partial charge in [-0.3, -0.25) is 5.10 Å². The summed E-state index contributed by atoms with van der Waals surface area (Å²) in [6, 6.07) is 0. The van der Waals surface area contributed by atoms with Gasteiger partial charge in [0.15, 0.2) is 5.69 Å². The quantitative estimate of drug-likeness (QED) is 0.806. The highest BCUT2D eigenvalue weighted by molar-refractivity contribution is 7.89. The molecule has 1 saturated carbocycles. The predicted molar refractivity (Wildman–Crippen MR) is 67.4 cm³/mol. The van der Waals surface area contributed by atoms with E-state index < -0.39 is 21.7 Å². The highest BCUT2D eigenvalue weighted by atomic mass is 32.2. The molecular formula is C11H17N3O4S. The van der Waals surface area contributed by atoms with Gasteiger partial charge in [-0.25, -0.2) is 13.2 Å². The average molecular weight is 287 g/mol. The molecule has 2 N–H and O–H groups in total. The van der Waals surface area contributed by atoms with Crippen LogP contribution in [0.3, 0.4) is 0 Å². The SMILES string of the molecule is CCN(CC1CC1)S(=O)(=O)c1c(C(=O)O)n[nH]c1C. The number of carbonyl (C=O) groups is 1. The molecule has 1 aromatic heterocycles. The number of carboxylic acids is 1. The van der Waals surface area contributed by atoms with Crippen molar-refractivity contribution in [2.75, 3.05) is 13.1 Å². The number of hydrogen-bond donors (Lipinski definition) is 2. The second-order valence-electron chi connectivity index (χ2n) is 4.73. The van der Waals surface area contributed by atoms with Crippen LogP contribution in [0.15, 0.2) is 4.90 Å². The van der Waals surface area contributed by atoms with Gasteiger partial charge in [-0.05, 0) is 25.7 Å². The highest BCUT2D eigenvalue weighted by Crippen LogP contribution is 2.32. The number of rotatable bonds is 6. The number of sulfonamides is 1. The molecule has 1 aliphatic carbocycles. The van der Waals surface area contributed by atoms with Gasteiger partial charge in [0.1, 0.15) is 4.90 Å². The molecule has 7 nitrogen and oxygen atoms in total. The molecule has 0 atom stereocenters. The van der Waals surface area contributed by atoms with Gasteiger partial charge in [-0.1, -0.05) is 6.92 Å². The van der Waals surface area contributed by atoms with Crippen molar-refractivity contribution in [2.45, 2.75) is 31.6 Å². The lowest BCUT2D eigenvalue weighted by atomic mass is 10.4. The van der Waals surface area contributed by atoms with Crippen LogP contribution in [0, 0.1) is 12.8 Å². The van der Waals surface area contributed by atoms with E-state index in [2.05, 4.69) is 10.2 Å². The van der Waals surface area contributed by atoms with E-state index in [9.17, 15) is 13.2 Å². The second kappa shape index (κ2) is 4.93. The number of nitrogens with zero attached hydrogens (tertiary/aromatic N) is 2. The Morgan fingerprint density at radius 2 is 2.16 bits per heavy atom. The summed E-state index contributed by atoms with van der Waals surface area (Å²) in [7, 11) is -3.81. The maximum Gasteiger partial charge on any atom is 0.357 e. The minimum absolute atomic E-state index is 0.220. The third kappa shape index (κ3) is 2.64. The number of aromatic amines is 1. The van der Waals surface area contributed by atoms with Crippen LogP contribution in [0.2, 0.25) is 0 Å². The fraction of sp³-hybridized carbons (Fsp3) is 0.636. The monoisotopic (exact) mass is 287 g/mol. The molecule has 2 rings (SSSR count). The molecule has 8 heteroatoms. The largest absolute Gasteiger partial charge is 0.476 e. The summed E-state index contributed by atoms with van der Waals surface area (Å²) < 4.78 is 26.4. The third-order valence-corrected chi connectivity index (χ3v) is 5.31. The number of aromatic carboxylic acids is 1. The first-order chi connectivity index (χ1) is 8.87. The van der Waals surface area contributed by atoms with Crippen molar-refractivity contribution in [3.8, 4) is 0 Å². The maximum atomic E-state index is 12.5. The average Bonchev–Trinajstić information content (AvgIpc) is 3.06. The van der Waals surface area contributed by atoms with Crippen LogP contribution in [0.1, 0.15) is 35.9 Å². The smallest absolute Gasteiger partial charge is 0.357 e. The normalized spacial score (nSPS) is 15.9. The zero-order chi connectivity index (χ0) is 14.2. The van der Waals surface area contributed by atoms with Crippen molar-refractivity contribution < 1.29 is 18.3 Å². The van der Waals surface area contributed by atoms with Gasteiger partial charge < -0.3 is 5.11 Å². The number of aryl methyl sites for hydroxylation is 1. The molecule has 0 aromatic carbocycles. The molecule has 0 spiro atoms. The van der Waals surface area contributed by atoms with E-state index in [-0.39, 0.29) is 10.6 Å². The molecule has 0 amide bonds. The molecule has 0 aliphatic heterocycles. The van der Waals surface area contributed by atoms with Crippen molar-refractivity contribution in [3.05, 3.63) is 11.4 Å². The van der Waals surface area contributed by atoms with Crippen molar-refractivity contribution in [1.82, 2.24) is 14.5 Å². The van der Waals surface area contributed by atoms with Gasteiger partial charge >= 0.3 is 5.97 Å². The van der Waals surface area contributed by atoms with Gasteiger partial charge in [0, 0.05) is 13.1 Å². The summed E-state index contributed by atoms with van der Waals surface area (Å²) in [6.07, 6.45) is 2.06. The van der Waals surface area contributed by atoms with Crippen LogP contribution in [0.5, 0.6) is 0 Å². The number of H-pyrrole nitrogens is 1. The van der Waals surface area contributed by atoms with Crippen LogP contribution in [-0.2, 0) is 10.0 Å². The lowest BCUT2D eigenvalue weighted by molar-refractivity contribution is 0.0686. The van der Waals surface area contributed by atoms with E-state index in [1.165, 1.54) is 11.2 Å². The fourth-order valence-corrected chi connectivity index (χ4v) is 3.81. The van der Waals surface area contributed by atoms with E-state index in [1.54, 1.807) is 6.92 Å². The molecule has 0 saturated heterocycles. The Morgan fingerprint density at radius 1 is 1.53 bits per heavy atom. The lowest BCUT2D eigenvalue weighted by Crippen LogP contribution is -2.33. The Morgan fingerprint density at radius 3 is 2.63 bits per heavy atom. The first-order valence-corrected chi connectivity index (χ1v) is 7.60. The summed E-state index contributed by atoms with van der Waals surface area (Å²) in [5, 5.41) is 15.0. The van der Waals surface area contributed by atoms with Gasteiger partial charge in [-0.2, -0.15) is 9.40 Å². The van der Waals surface area contributed by atoms with E-state index >= 15 is 0 Å². The highest BCUT2D eigenvalue weighted by Gasteiger charge is 2.35. The van der Waals surface area contributed by atoms with Gasteiger partial charge in [0.05, 0.1) is 5.69 Å². The molecule has 0 unspecified atom stereocenters. The lowest BCUT2D eigenvalue weighted by Gasteiger charge is -2.20. The number of hydrogen-bond acceptors (Lipinski definition) is 4. The Hall–Kier alpha value is -1.41. The summed E-state index contributed by atoms with van der Waals surface area (Å²) in [5.74, 6) is -0.944. The molecule has 106 valence electrons. The van der Waals surface area contributed by atoms with Crippen LogP contribution < -0.4 is 0 Å². The molecule has 0 radical (unpaired) electrons. The Balaban J connectivity index is 2.42. The zero-order valence-corrected chi connectivity index (χ0v) is 11.7. The molecule has 19 heavy (non-hydrogen) atoms. The Labute approximate surface area is 111 Å². The minimum atomic E-state index is -3.81. The molecule has 1 aromatic rings. The first kappa shape index (κ1) is 14.0. The van der Waals surface area contributed by atoms with Gasteiger partial charge in [-0.15, -0.1) is 0 Å². The molecular weight excluding hydrogens is 270 g/mol. The van der Waals surface area contributed by atoms with Crippen LogP contribution in [0.25, 0.3) is 0 Å². The summed E-state index contributed by atoms with van der Waals surface area (Å²) in [5.41, 5.74) is -0.182. The van der Waals surface area contributed by atoms with Crippen LogP contribution in [0.4, 0.5) is 0 Å². The molecule has 1 heterocycles. The van der Waals surface area contributed by atoms with E-state index in [0.29, 0.717) is 19.0 Å². The minimum Gasteiger partial charge on any atom is -0.476 e. The van der Waals surface area contributed by atoms with Crippen molar-refractivity contribution in [3.63, 3.8) is 0 Å². The number of nitrogens with one attached hydrogen (secondary N) is 1. The molecule has 1 fully saturated rings. The van der Waals surface area contributed by atoms with Crippen molar-refractivity contribution in [1.29, 1.82) is 0 Å². The topological polar surface area (TPSA) is 103 Å². The van der Waals surface area contributed by atoms with Crippen molar-refractivity contribution in [2.24, 2.45) is 5.92 Å². The summed E-state index contributed by atoms with van der Waals surface area (Å²) in [4.78, 5) is 10.8.